The van der Waals surface area contributed by atoms with Crippen LogP contribution in [0.1, 0.15) is 44.9 Å². The molecule has 0 aromatic carbocycles. The zero-order valence-corrected chi connectivity index (χ0v) is 12.9. The van der Waals surface area contributed by atoms with Crippen molar-refractivity contribution in [2.75, 3.05) is 0 Å². The first kappa shape index (κ1) is 14.8. The summed E-state index contributed by atoms with van der Waals surface area (Å²) in [6, 6.07) is 4.16. The van der Waals surface area contributed by atoms with E-state index in [9.17, 15) is 4.79 Å². The summed E-state index contributed by atoms with van der Waals surface area (Å²) in [5.41, 5.74) is 2.36. The Balaban J connectivity index is 1.71. The van der Waals surface area contributed by atoms with Crippen molar-refractivity contribution >= 4 is 6.03 Å². The number of carbonyl (C=O) groups excluding carboxylic acids is 1. The van der Waals surface area contributed by atoms with Gasteiger partial charge in [0.1, 0.15) is 0 Å². The predicted octanol–water partition coefficient (Wildman–Crippen LogP) is 3.01. The summed E-state index contributed by atoms with van der Waals surface area (Å²) >= 11 is 0. The van der Waals surface area contributed by atoms with E-state index in [4.69, 9.17) is 0 Å². The molecule has 2 N–H and O–H groups in total. The summed E-state index contributed by atoms with van der Waals surface area (Å²) in [7, 11) is 0. The molecule has 2 amide bonds. The number of nitrogens with zero attached hydrogens (tertiary/aromatic N) is 1. The van der Waals surface area contributed by atoms with Crippen molar-refractivity contribution in [3.05, 3.63) is 29.6 Å². The largest absolute Gasteiger partial charge is 0.335 e. The number of nitrogens with one attached hydrogen (secondary N) is 2. The molecule has 1 heterocycles. The molecule has 0 bridgehead atoms. The van der Waals surface area contributed by atoms with Crippen LogP contribution in [-0.4, -0.2) is 17.1 Å². The van der Waals surface area contributed by atoms with Crippen LogP contribution in [0.15, 0.2) is 18.3 Å². The smallest absolute Gasteiger partial charge is 0.315 e. The van der Waals surface area contributed by atoms with E-state index < -0.39 is 0 Å². The number of aryl methyl sites for hydroxylation is 1. The first-order valence-electron chi connectivity index (χ1n) is 7.30. The fourth-order valence-corrected chi connectivity index (χ4v) is 2.54. The number of urea groups is 1. The number of hydrogen-bond acceptors (Lipinski definition) is 2. The van der Waals surface area contributed by atoms with Gasteiger partial charge in [-0.1, -0.05) is 26.8 Å². The van der Waals surface area contributed by atoms with Crippen LogP contribution in [0.25, 0.3) is 0 Å². The van der Waals surface area contributed by atoms with Gasteiger partial charge in [0.2, 0.25) is 0 Å². The van der Waals surface area contributed by atoms with Crippen LogP contribution in [-0.2, 0) is 6.54 Å². The van der Waals surface area contributed by atoms with Gasteiger partial charge in [-0.15, -0.1) is 0 Å². The highest BCUT2D eigenvalue weighted by molar-refractivity contribution is 5.74. The monoisotopic (exact) mass is 275 g/mol. The van der Waals surface area contributed by atoms with Gasteiger partial charge in [-0.2, -0.15) is 0 Å². The van der Waals surface area contributed by atoms with Crippen molar-refractivity contribution in [2.24, 2.45) is 11.3 Å². The maximum absolute atomic E-state index is 11.8. The van der Waals surface area contributed by atoms with Gasteiger partial charge in [0.15, 0.2) is 0 Å². The normalized spacial score (nSPS) is 21.4. The molecule has 110 valence electrons. The summed E-state index contributed by atoms with van der Waals surface area (Å²) in [6.45, 7) is 9.21. The van der Waals surface area contributed by atoms with E-state index >= 15 is 0 Å². The first-order valence-corrected chi connectivity index (χ1v) is 7.30. The average Bonchev–Trinajstić information content (AvgIpc) is 3.03. The van der Waals surface area contributed by atoms with Crippen molar-refractivity contribution in [1.82, 2.24) is 15.6 Å². The van der Waals surface area contributed by atoms with Crippen LogP contribution >= 0.6 is 0 Å². The molecule has 0 aliphatic heterocycles. The molecule has 0 unspecified atom stereocenters. The number of pyridine rings is 1. The Morgan fingerprint density at radius 2 is 2.20 bits per heavy atom. The summed E-state index contributed by atoms with van der Waals surface area (Å²) in [6.07, 6.45) is 4.04. The standard InChI is InChI=1S/C16H25N3O/c1-11-12(6-5-7-17-11)10-18-15(20)19-14-8-13(14)9-16(2,3)4/h5-7,13-14H,8-10H2,1-4H3,(H2,18,19,20)/t13-,14+/m0/s1. The molecule has 1 aliphatic carbocycles. The topological polar surface area (TPSA) is 54.0 Å². The lowest BCUT2D eigenvalue weighted by atomic mass is 9.89. The summed E-state index contributed by atoms with van der Waals surface area (Å²) in [5.74, 6) is 0.640. The van der Waals surface area contributed by atoms with E-state index in [1.807, 2.05) is 19.1 Å². The molecular formula is C16H25N3O. The van der Waals surface area contributed by atoms with Crippen LogP contribution in [0.2, 0.25) is 0 Å². The molecule has 0 spiro atoms. The highest BCUT2D eigenvalue weighted by atomic mass is 16.2. The van der Waals surface area contributed by atoms with Gasteiger partial charge in [-0.3, -0.25) is 4.98 Å². The Hall–Kier alpha value is -1.58. The third kappa shape index (κ3) is 4.51. The molecule has 20 heavy (non-hydrogen) atoms. The molecular weight excluding hydrogens is 250 g/mol. The Labute approximate surface area is 121 Å². The van der Waals surface area contributed by atoms with Gasteiger partial charge in [0.05, 0.1) is 0 Å². The number of aromatic nitrogens is 1. The molecule has 2 atom stereocenters. The second-order valence-electron chi connectivity index (χ2n) is 6.94. The van der Waals surface area contributed by atoms with Gasteiger partial charge in [-0.05, 0) is 42.7 Å². The zero-order valence-electron chi connectivity index (χ0n) is 12.9. The van der Waals surface area contributed by atoms with Crippen LogP contribution in [0.3, 0.4) is 0 Å². The molecule has 2 rings (SSSR count). The highest BCUT2D eigenvalue weighted by Gasteiger charge is 2.40. The molecule has 1 aromatic rings. The van der Waals surface area contributed by atoms with Crippen molar-refractivity contribution in [3.63, 3.8) is 0 Å². The first-order chi connectivity index (χ1) is 9.35. The van der Waals surface area contributed by atoms with Gasteiger partial charge in [0.25, 0.3) is 0 Å². The van der Waals surface area contributed by atoms with Crippen molar-refractivity contribution in [3.8, 4) is 0 Å². The zero-order chi connectivity index (χ0) is 14.8. The third-order valence-corrected chi connectivity index (χ3v) is 3.67. The molecule has 0 radical (unpaired) electrons. The van der Waals surface area contributed by atoms with E-state index in [1.54, 1.807) is 6.20 Å². The fraction of sp³-hybridized carbons (Fsp3) is 0.625. The van der Waals surface area contributed by atoms with E-state index in [0.717, 1.165) is 17.7 Å². The minimum Gasteiger partial charge on any atom is -0.335 e. The summed E-state index contributed by atoms with van der Waals surface area (Å²) in [4.78, 5) is 16.1. The third-order valence-electron chi connectivity index (χ3n) is 3.67. The van der Waals surface area contributed by atoms with Crippen molar-refractivity contribution < 1.29 is 4.79 Å². The second-order valence-corrected chi connectivity index (χ2v) is 6.94. The van der Waals surface area contributed by atoms with E-state index in [1.165, 1.54) is 6.42 Å². The van der Waals surface area contributed by atoms with Crippen LogP contribution in [0, 0.1) is 18.3 Å². The van der Waals surface area contributed by atoms with Crippen LogP contribution < -0.4 is 10.6 Å². The SMILES string of the molecule is Cc1ncccc1CNC(=O)N[C@@H]1C[C@H]1CC(C)(C)C. The summed E-state index contributed by atoms with van der Waals surface area (Å²) < 4.78 is 0. The van der Waals surface area contributed by atoms with Gasteiger partial charge >= 0.3 is 6.03 Å². The lowest BCUT2D eigenvalue weighted by Crippen LogP contribution is -2.37. The van der Waals surface area contributed by atoms with Crippen molar-refractivity contribution in [1.29, 1.82) is 0 Å². The number of carbonyl (C=O) groups is 1. The molecule has 1 saturated carbocycles. The quantitative estimate of drug-likeness (QED) is 0.887. The van der Waals surface area contributed by atoms with Crippen LogP contribution in [0.4, 0.5) is 4.79 Å². The fourth-order valence-electron chi connectivity index (χ4n) is 2.54. The molecule has 1 aliphatic rings. The maximum Gasteiger partial charge on any atom is 0.315 e. The Morgan fingerprint density at radius 3 is 2.85 bits per heavy atom. The Bertz CT molecular complexity index is 479. The number of hydrogen-bond donors (Lipinski definition) is 2. The van der Waals surface area contributed by atoms with E-state index in [0.29, 0.717) is 23.9 Å². The lowest BCUT2D eigenvalue weighted by molar-refractivity contribution is 0.238. The van der Waals surface area contributed by atoms with Gasteiger partial charge < -0.3 is 10.6 Å². The predicted molar refractivity (Wildman–Crippen MR) is 80.3 cm³/mol. The van der Waals surface area contributed by atoms with Crippen molar-refractivity contribution in [2.45, 2.75) is 53.1 Å². The number of rotatable bonds is 4. The number of amides is 2. The molecule has 1 aromatic heterocycles. The molecule has 1 fully saturated rings. The maximum atomic E-state index is 11.8. The second kappa shape index (κ2) is 5.81. The molecule has 4 nitrogen and oxygen atoms in total. The van der Waals surface area contributed by atoms with E-state index in [2.05, 4.69) is 36.4 Å². The molecule has 4 heteroatoms. The minimum atomic E-state index is -0.0744. The summed E-state index contributed by atoms with van der Waals surface area (Å²) in [5, 5.41) is 5.95. The van der Waals surface area contributed by atoms with E-state index in [-0.39, 0.29) is 6.03 Å². The highest BCUT2D eigenvalue weighted by Crippen LogP contribution is 2.40. The van der Waals surface area contributed by atoms with Gasteiger partial charge in [-0.25, -0.2) is 4.79 Å². The minimum absolute atomic E-state index is 0.0744. The lowest BCUT2D eigenvalue weighted by Gasteiger charge is -2.17. The Morgan fingerprint density at radius 1 is 1.45 bits per heavy atom. The molecule has 0 saturated heterocycles. The van der Waals surface area contributed by atoms with Crippen LogP contribution in [0.5, 0.6) is 0 Å². The average molecular weight is 275 g/mol. The van der Waals surface area contributed by atoms with Gasteiger partial charge in [0, 0.05) is 24.5 Å². The Kier molecular flexibility index (Phi) is 4.31.